The molecule has 3 aromatic carbocycles. The van der Waals surface area contributed by atoms with Gasteiger partial charge in [0.2, 0.25) is 0 Å². The van der Waals surface area contributed by atoms with E-state index < -0.39 is 27.1 Å². The Morgan fingerprint density at radius 1 is 0.917 bits per heavy atom. The molecule has 0 aliphatic carbocycles. The predicted octanol–water partition coefficient (Wildman–Crippen LogP) is 4.87. The molecular formula is C25H22N6O5. The fourth-order valence-electron chi connectivity index (χ4n) is 3.86. The molecule has 11 heteroatoms. The Labute approximate surface area is 206 Å². The van der Waals surface area contributed by atoms with E-state index in [1.54, 1.807) is 36.4 Å². The Morgan fingerprint density at radius 2 is 1.58 bits per heavy atom. The summed E-state index contributed by atoms with van der Waals surface area (Å²) in [5.41, 5.74) is 1.10. The summed E-state index contributed by atoms with van der Waals surface area (Å²) in [6.45, 7) is 5.81. The van der Waals surface area contributed by atoms with Gasteiger partial charge in [-0.2, -0.15) is 10.1 Å². The Balaban J connectivity index is 1.80. The van der Waals surface area contributed by atoms with Gasteiger partial charge in [0.05, 0.1) is 21.6 Å². The van der Waals surface area contributed by atoms with Crippen molar-refractivity contribution in [1.29, 1.82) is 0 Å². The molecule has 4 rings (SSSR count). The topological polar surface area (TPSA) is 135 Å². The first kappa shape index (κ1) is 24.2. The van der Waals surface area contributed by atoms with Crippen molar-refractivity contribution in [2.75, 3.05) is 23.0 Å². The lowest BCUT2D eigenvalue weighted by atomic mass is 10.1. The molecule has 3 aromatic rings. The van der Waals surface area contributed by atoms with Crippen LogP contribution in [0.3, 0.4) is 0 Å². The van der Waals surface area contributed by atoms with E-state index >= 15 is 0 Å². The monoisotopic (exact) mass is 486 g/mol. The van der Waals surface area contributed by atoms with Crippen LogP contribution < -0.4 is 9.91 Å². The quantitative estimate of drug-likeness (QED) is 0.329. The number of benzene rings is 3. The van der Waals surface area contributed by atoms with E-state index in [-0.39, 0.29) is 17.1 Å². The average molecular weight is 486 g/mol. The molecule has 1 amide bonds. The highest BCUT2D eigenvalue weighted by Gasteiger charge is 2.37. The lowest BCUT2D eigenvalue weighted by Crippen LogP contribution is -2.28. The number of anilines is 2. The lowest BCUT2D eigenvalue weighted by molar-refractivity contribution is -0.393. The molecule has 0 aromatic heterocycles. The molecule has 0 radical (unpaired) electrons. The predicted molar refractivity (Wildman–Crippen MR) is 137 cm³/mol. The van der Waals surface area contributed by atoms with Gasteiger partial charge in [-0.25, -0.2) is 4.99 Å². The third-order valence-corrected chi connectivity index (χ3v) is 5.68. The maximum Gasteiger partial charge on any atom is 0.301 e. The third-order valence-electron chi connectivity index (χ3n) is 5.68. The van der Waals surface area contributed by atoms with E-state index in [9.17, 15) is 25.0 Å². The third kappa shape index (κ3) is 4.67. The SMILES string of the molecule is CCN(CC)c1ccc(N=C2C(=O)N(c3ccc([N+](=O)[O-])cc3[N+](=O)[O-])N=C2c2ccccc2)cc1. The van der Waals surface area contributed by atoms with Crippen molar-refractivity contribution in [2.24, 2.45) is 10.1 Å². The molecule has 182 valence electrons. The summed E-state index contributed by atoms with van der Waals surface area (Å²) >= 11 is 0. The number of hydrazone groups is 1. The zero-order valence-electron chi connectivity index (χ0n) is 19.6. The summed E-state index contributed by atoms with van der Waals surface area (Å²) in [5.74, 6) is -0.682. The Morgan fingerprint density at radius 3 is 2.17 bits per heavy atom. The summed E-state index contributed by atoms with van der Waals surface area (Å²) in [7, 11) is 0. The van der Waals surface area contributed by atoms with Crippen molar-refractivity contribution >= 4 is 45.8 Å². The number of non-ortho nitro benzene ring substituents is 1. The van der Waals surface area contributed by atoms with Crippen LogP contribution >= 0.6 is 0 Å². The minimum Gasteiger partial charge on any atom is -0.372 e. The fourth-order valence-corrected chi connectivity index (χ4v) is 3.86. The largest absolute Gasteiger partial charge is 0.372 e. The number of nitrogens with zero attached hydrogens (tertiary/aromatic N) is 6. The number of rotatable bonds is 8. The molecular weight excluding hydrogens is 464 g/mol. The number of carbonyl (C=O) groups excluding carboxylic acids is 1. The molecule has 0 fully saturated rings. The summed E-state index contributed by atoms with van der Waals surface area (Å²) in [5, 5.41) is 28.0. The van der Waals surface area contributed by atoms with Crippen molar-refractivity contribution in [3.63, 3.8) is 0 Å². The molecule has 36 heavy (non-hydrogen) atoms. The van der Waals surface area contributed by atoms with Crippen LogP contribution in [-0.4, -0.2) is 40.3 Å². The zero-order valence-corrected chi connectivity index (χ0v) is 19.6. The first-order valence-corrected chi connectivity index (χ1v) is 11.2. The molecule has 1 heterocycles. The second-order valence-electron chi connectivity index (χ2n) is 7.77. The number of aliphatic imine (C=N–C) groups is 1. The van der Waals surface area contributed by atoms with Crippen molar-refractivity contribution in [3.8, 4) is 0 Å². The molecule has 0 bridgehead atoms. The van der Waals surface area contributed by atoms with Crippen LogP contribution in [0.4, 0.5) is 28.4 Å². The average Bonchev–Trinajstić information content (AvgIpc) is 3.21. The van der Waals surface area contributed by atoms with Crippen molar-refractivity contribution in [1.82, 2.24) is 0 Å². The van der Waals surface area contributed by atoms with Crippen molar-refractivity contribution < 1.29 is 14.6 Å². The van der Waals surface area contributed by atoms with E-state index in [1.165, 1.54) is 0 Å². The molecule has 11 nitrogen and oxygen atoms in total. The normalized spacial score (nSPS) is 14.2. The molecule has 0 unspecified atom stereocenters. The van der Waals surface area contributed by atoms with Crippen LogP contribution in [0.2, 0.25) is 0 Å². The van der Waals surface area contributed by atoms with Crippen LogP contribution in [0, 0.1) is 20.2 Å². The molecule has 0 atom stereocenters. The Hall–Kier alpha value is -4.93. The first-order valence-electron chi connectivity index (χ1n) is 11.2. The molecule has 0 N–H and O–H groups in total. The minimum absolute atomic E-state index is 0.00411. The molecule has 1 aliphatic heterocycles. The maximum absolute atomic E-state index is 13.5. The van der Waals surface area contributed by atoms with Gasteiger partial charge in [-0.1, -0.05) is 30.3 Å². The van der Waals surface area contributed by atoms with Gasteiger partial charge in [-0.15, -0.1) is 0 Å². The number of nitro groups is 2. The Bertz CT molecular complexity index is 1380. The van der Waals surface area contributed by atoms with Gasteiger partial charge in [0, 0.05) is 30.4 Å². The van der Waals surface area contributed by atoms with Gasteiger partial charge < -0.3 is 4.90 Å². The molecule has 0 spiro atoms. The molecule has 0 saturated carbocycles. The van der Waals surface area contributed by atoms with E-state index in [4.69, 9.17) is 0 Å². The zero-order chi connectivity index (χ0) is 25.8. The van der Waals surface area contributed by atoms with Crippen molar-refractivity contribution in [2.45, 2.75) is 13.8 Å². The van der Waals surface area contributed by atoms with Crippen LogP contribution in [0.25, 0.3) is 0 Å². The lowest BCUT2D eigenvalue weighted by Gasteiger charge is -2.20. The van der Waals surface area contributed by atoms with Gasteiger partial charge in [0.25, 0.3) is 11.6 Å². The summed E-state index contributed by atoms with van der Waals surface area (Å²) in [6, 6.07) is 19.3. The number of carbonyl (C=O) groups is 1. The first-order chi connectivity index (χ1) is 17.3. The highest BCUT2D eigenvalue weighted by Crippen LogP contribution is 2.35. The number of nitro benzene ring substituents is 2. The van der Waals surface area contributed by atoms with Gasteiger partial charge in [-0.3, -0.25) is 25.0 Å². The van der Waals surface area contributed by atoms with Crippen LogP contribution in [0.5, 0.6) is 0 Å². The van der Waals surface area contributed by atoms with Gasteiger partial charge in [0.1, 0.15) is 11.4 Å². The van der Waals surface area contributed by atoms with Gasteiger partial charge >= 0.3 is 5.69 Å². The maximum atomic E-state index is 13.5. The van der Waals surface area contributed by atoms with Crippen LogP contribution in [-0.2, 0) is 4.79 Å². The summed E-state index contributed by atoms with van der Waals surface area (Å²) < 4.78 is 0. The highest BCUT2D eigenvalue weighted by atomic mass is 16.6. The van der Waals surface area contributed by atoms with Crippen LogP contribution in [0.1, 0.15) is 19.4 Å². The summed E-state index contributed by atoms with van der Waals surface area (Å²) in [4.78, 5) is 41.5. The van der Waals surface area contributed by atoms with Crippen LogP contribution in [0.15, 0.2) is 82.9 Å². The second-order valence-corrected chi connectivity index (χ2v) is 7.77. The van der Waals surface area contributed by atoms with E-state index in [1.807, 2.05) is 18.2 Å². The fraction of sp³-hybridized carbons (Fsp3) is 0.160. The molecule has 1 aliphatic rings. The van der Waals surface area contributed by atoms with E-state index in [0.717, 1.165) is 42.0 Å². The van der Waals surface area contributed by atoms with Gasteiger partial charge in [-0.05, 0) is 44.2 Å². The molecule has 0 saturated heterocycles. The smallest absolute Gasteiger partial charge is 0.301 e. The van der Waals surface area contributed by atoms with E-state index in [2.05, 4.69) is 28.8 Å². The number of hydrogen-bond acceptors (Lipinski definition) is 8. The van der Waals surface area contributed by atoms with Gasteiger partial charge in [0.15, 0.2) is 5.71 Å². The summed E-state index contributed by atoms with van der Waals surface area (Å²) in [6.07, 6.45) is 0. The van der Waals surface area contributed by atoms with E-state index in [0.29, 0.717) is 11.3 Å². The Kier molecular flexibility index (Phi) is 6.81. The second kappa shape index (κ2) is 10.1. The number of hydrogen-bond donors (Lipinski definition) is 0. The van der Waals surface area contributed by atoms with Crippen molar-refractivity contribution in [3.05, 3.63) is 98.6 Å². The standard InChI is InChI=1S/C25H22N6O5/c1-3-28(4-2)19-12-10-18(11-13-19)26-24-23(17-8-6-5-7-9-17)27-29(25(24)32)21-15-14-20(30(33)34)16-22(21)31(35)36/h5-16H,3-4H2,1-2H3. The number of amides is 1. The highest BCUT2D eigenvalue weighted by molar-refractivity contribution is 6.74. The minimum atomic E-state index is -0.783.